The normalized spacial score (nSPS) is 14.2. The third kappa shape index (κ3) is 37.7. The molecule has 0 aliphatic rings. The smallest absolute Gasteiger partial charge is 0.490 e. The number of hydrogen-bond donors (Lipinski definition) is 5. The topological polar surface area (TPSA) is 269 Å². The van der Waals surface area contributed by atoms with Crippen molar-refractivity contribution in [1.82, 2.24) is 0 Å². The first-order valence-corrected chi connectivity index (χ1v) is 90.2. The zero-order chi connectivity index (χ0) is 99.8. The Balaban J connectivity index is 0. The molecule has 0 spiro atoms. The van der Waals surface area contributed by atoms with E-state index in [0.717, 1.165) is 0 Å². The monoisotopic (exact) mass is 2050 g/mol. The Morgan fingerprint density at radius 3 is 0.524 bits per heavy atom. The van der Waals surface area contributed by atoms with Gasteiger partial charge in [-0.1, -0.05) is 298 Å². The molecule has 10 N–H and O–H groups in total. The van der Waals surface area contributed by atoms with Crippen LogP contribution in [-0.4, -0.2) is 175 Å². The van der Waals surface area contributed by atoms with Crippen molar-refractivity contribution in [2.24, 2.45) is 28.7 Å². The molecule has 0 saturated heterocycles. The average molecular weight is 2060 g/mol. The summed E-state index contributed by atoms with van der Waals surface area (Å²) in [6.07, 6.45) is 5.17. The van der Waals surface area contributed by atoms with Gasteiger partial charge in [0.05, 0.1) is 43.5 Å². The quantitative estimate of drug-likeness (QED) is 0.0260. The van der Waals surface area contributed by atoms with E-state index < -0.39 is 144 Å². The van der Waals surface area contributed by atoms with Crippen LogP contribution in [0.2, 0.25) is 202 Å². The van der Waals surface area contributed by atoms with Gasteiger partial charge in [-0.2, -0.15) is 0 Å². The highest BCUT2D eigenvalue weighted by Gasteiger charge is 2.65. The third-order valence-electron chi connectivity index (χ3n) is 24.8. The Bertz CT molecular complexity index is 3190. The molecule has 3 aromatic carbocycles. The molecule has 0 amide bonds. The van der Waals surface area contributed by atoms with Crippen LogP contribution in [0.1, 0.15) is 187 Å². The number of nitrogens with two attached hydrogens (primary N) is 5. The minimum absolute atomic E-state index is 0.0774. The molecule has 3 rings (SSSR count). The van der Waals surface area contributed by atoms with E-state index in [4.69, 9.17) is 91.3 Å². The lowest BCUT2D eigenvalue weighted by molar-refractivity contribution is 0.183. The predicted molar refractivity (Wildman–Crippen MR) is 586 cm³/mol. The molecule has 0 aromatic heterocycles. The molecule has 0 unspecified atom stereocenters. The molecular formula is C89H197N5O15Si17. The maximum atomic E-state index is 7.75. The SMILES string of the molecule is C=CO[Si](CN)(OC=C)OC=C.CC(C)(C)[Si](C)(C)O[Si](CN)(O[Si](C)(C)C(C)(C)C)O[Si](C)(C)C(C)(C)C.CC(C)[Si](O[Si](CN)(O[Si](C(C)C)(C(C)C)C(C)C)O[Si](C(C)C)(C(C)C)C(C)C)(C(C)C)C(C)C.C[Si](C)(C)O[Si](CN)(O[Si](C)(C)C)O[Si](C)(C)C.C[Si](C)(O[Si](CN)(O[Si](C)(C)c1ccccc1)O[Si](C)(C)c1ccccc1)c1ccccc1. The van der Waals surface area contributed by atoms with E-state index in [1.165, 1.54) is 34.3 Å². The standard InChI is InChI=1S/C28H67NO3Si4.C25H37NO3Si4.C19H49NO3Si4.C10H31NO3Si4.C7H13NO3Si/c1-20(2)34(21(3)4,22(5)6)30-33(19-29,31-35(23(7)8,24(9)10)25(11)12)32-36(26(13)14,27(15)16)28(17)18;1-30(2,23-16-10-7-11-17-23)27-33(22-26,28-31(3,4)24-18-12-8-13-19-24)29-32(5,6)25-20-14-9-15-21-25;1-17(2,3)24(10,11)21-27(16-20,22-25(12,13)18(4,5)6)23-26(14,15)19(7,8)9;1-15(2,3)12-18(10-11,13-16(4,5)6)14-17(7,8)9;1-4-9-12(7-8,10-5-2)11-6-3/h20-28H,19,29H2,1-18H3;7-21H,22,26H2,1-6H3;16,20H2,1-15H3;10-11H2,1-9H3;4-6H,1-3,7-8H2. The second-order valence-corrected chi connectivity index (χ2v) is 118. The fraction of sp³-hybridized carbons (Fsp3) is 0.730. The summed E-state index contributed by atoms with van der Waals surface area (Å²) in [6.45, 7) is 119. The van der Waals surface area contributed by atoms with Crippen LogP contribution >= 0.6 is 0 Å². The lowest BCUT2D eigenvalue weighted by atomic mass is 10.2. The summed E-state index contributed by atoms with van der Waals surface area (Å²) >= 11 is 0. The largest absolute Gasteiger partial charge is 0.712 e. The molecular weight excluding hydrogens is 1860 g/mol. The van der Waals surface area contributed by atoms with Gasteiger partial charge in [0.25, 0.3) is 0 Å². The molecule has 37 heteroatoms. The van der Waals surface area contributed by atoms with Crippen molar-refractivity contribution in [3.8, 4) is 0 Å². The highest BCUT2D eigenvalue weighted by molar-refractivity contribution is 7.00. The second kappa shape index (κ2) is 50.6. The summed E-state index contributed by atoms with van der Waals surface area (Å²) < 4.78 is 99.4. The molecule has 0 saturated carbocycles. The van der Waals surface area contributed by atoms with Crippen LogP contribution in [0.3, 0.4) is 0 Å². The summed E-state index contributed by atoms with van der Waals surface area (Å²) in [5, 5.41) is 3.86. The lowest BCUT2D eigenvalue weighted by Crippen LogP contribution is -2.72. The molecule has 736 valence electrons. The van der Waals surface area contributed by atoms with Crippen LogP contribution in [0.15, 0.2) is 130 Å². The Hall–Kier alpha value is -0.713. The number of benzene rings is 3. The average Bonchev–Trinajstić information content (AvgIpc) is 0.757. The molecule has 0 atom stereocenters. The van der Waals surface area contributed by atoms with E-state index in [1.807, 2.05) is 18.2 Å². The summed E-state index contributed by atoms with van der Waals surface area (Å²) in [6, 6.07) is 31.3. The van der Waals surface area contributed by atoms with Crippen LogP contribution in [0.25, 0.3) is 0 Å². The first-order valence-electron chi connectivity index (χ1n) is 46.5. The van der Waals surface area contributed by atoms with Gasteiger partial charge in [-0.05, 0) is 218 Å². The maximum Gasteiger partial charge on any atom is 0.712 e. The molecule has 0 fully saturated rings. The summed E-state index contributed by atoms with van der Waals surface area (Å²) in [5.74, 6) is 0. The zero-order valence-corrected chi connectivity index (χ0v) is 107. The first-order chi connectivity index (χ1) is 56.5. The van der Waals surface area contributed by atoms with Crippen LogP contribution in [0.4, 0.5) is 0 Å². The van der Waals surface area contributed by atoms with Gasteiger partial charge in [0.15, 0.2) is 74.9 Å². The minimum Gasteiger partial charge on any atom is -0.490 e. The van der Waals surface area contributed by atoms with Gasteiger partial charge >= 0.3 is 44.0 Å². The van der Waals surface area contributed by atoms with Gasteiger partial charge in [-0.15, -0.1) is 0 Å². The highest BCUT2D eigenvalue weighted by atomic mass is 28.5. The summed E-state index contributed by atoms with van der Waals surface area (Å²) in [5.41, 5.74) is 35.2. The van der Waals surface area contributed by atoms with Crippen LogP contribution in [-0.2, 0) is 62.7 Å². The van der Waals surface area contributed by atoms with Crippen molar-refractivity contribution in [3.63, 3.8) is 0 Å². The molecule has 0 heterocycles. The first kappa shape index (κ1) is 127. The Kier molecular flexibility index (Phi) is 51.1. The second-order valence-electron chi connectivity index (χ2n) is 45.7. The van der Waals surface area contributed by atoms with Crippen molar-refractivity contribution in [2.75, 3.05) is 30.8 Å². The van der Waals surface area contributed by atoms with Crippen molar-refractivity contribution in [2.45, 2.75) is 389 Å². The van der Waals surface area contributed by atoms with E-state index in [0.29, 0.717) is 68.4 Å². The van der Waals surface area contributed by atoms with Crippen LogP contribution in [0, 0.1) is 0 Å². The lowest BCUT2D eigenvalue weighted by Gasteiger charge is -2.56. The maximum absolute atomic E-state index is 7.75. The van der Waals surface area contributed by atoms with Crippen molar-refractivity contribution >= 4 is 159 Å². The Morgan fingerprint density at radius 1 is 0.238 bits per heavy atom. The van der Waals surface area contributed by atoms with E-state index in [-0.39, 0.29) is 27.5 Å². The van der Waals surface area contributed by atoms with Gasteiger partial charge in [0, 0.05) is 0 Å². The fourth-order valence-electron chi connectivity index (χ4n) is 16.1. The molecule has 0 aliphatic heterocycles. The molecule has 3 aromatic rings. The minimum atomic E-state index is -3.28. The van der Waals surface area contributed by atoms with E-state index in [9.17, 15) is 0 Å². The third-order valence-corrected chi connectivity index (χ3v) is 99.9. The van der Waals surface area contributed by atoms with Crippen molar-refractivity contribution in [3.05, 3.63) is 130 Å². The van der Waals surface area contributed by atoms with Gasteiger partial charge in [-0.3, -0.25) is 0 Å². The number of rotatable bonds is 47. The number of hydrogen-bond acceptors (Lipinski definition) is 20. The molecule has 0 aliphatic carbocycles. The van der Waals surface area contributed by atoms with Gasteiger partial charge in [0.1, 0.15) is 6.17 Å². The highest BCUT2D eigenvalue weighted by Crippen LogP contribution is 2.53. The van der Waals surface area contributed by atoms with E-state index >= 15 is 0 Å². The van der Waals surface area contributed by atoms with Gasteiger partial charge in [0.2, 0.25) is 25.0 Å². The molecule has 0 bridgehead atoms. The Morgan fingerprint density at radius 2 is 0.389 bits per heavy atom. The van der Waals surface area contributed by atoms with Gasteiger partial charge in [-0.25, -0.2) is 0 Å². The van der Waals surface area contributed by atoms with Crippen LogP contribution in [0.5, 0.6) is 0 Å². The zero-order valence-electron chi connectivity index (χ0n) is 89.8. The fourth-order valence-corrected chi connectivity index (χ4v) is 92.7. The van der Waals surface area contributed by atoms with Crippen molar-refractivity contribution < 1.29 is 62.7 Å². The summed E-state index contributed by atoms with van der Waals surface area (Å²) in [7, 11) is -40.7. The summed E-state index contributed by atoms with van der Waals surface area (Å²) in [4.78, 5) is 0. The molecule has 126 heavy (non-hydrogen) atoms. The van der Waals surface area contributed by atoms with Crippen LogP contribution < -0.4 is 44.2 Å². The Labute approximate surface area is 794 Å². The van der Waals surface area contributed by atoms with Crippen molar-refractivity contribution in [1.29, 1.82) is 0 Å². The van der Waals surface area contributed by atoms with E-state index in [2.05, 4.69) is 417 Å². The molecule has 20 nitrogen and oxygen atoms in total. The van der Waals surface area contributed by atoms with E-state index in [1.54, 1.807) is 0 Å². The predicted octanol–water partition coefficient (Wildman–Crippen LogP) is 24.2. The molecule has 0 radical (unpaired) electrons. The van der Waals surface area contributed by atoms with Gasteiger partial charge < -0.3 is 91.3 Å².